The number of nitrogens with zero attached hydrogens (tertiary/aromatic N) is 2. The van der Waals surface area contributed by atoms with Gasteiger partial charge in [0.2, 0.25) is 5.88 Å². The minimum absolute atomic E-state index is 0.417. The first kappa shape index (κ1) is 8.97. The van der Waals surface area contributed by atoms with Gasteiger partial charge in [0.25, 0.3) is 0 Å². The fourth-order valence-electron chi connectivity index (χ4n) is 0.963. The van der Waals surface area contributed by atoms with Crippen molar-refractivity contribution in [2.45, 2.75) is 26.7 Å². The van der Waals surface area contributed by atoms with E-state index in [1.165, 1.54) is 0 Å². The predicted octanol–water partition coefficient (Wildman–Crippen LogP) is 1.92. The van der Waals surface area contributed by atoms with Gasteiger partial charge in [-0.2, -0.15) is 4.98 Å². The number of aromatic nitrogens is 2. The number of hydrogen-bond acceptors (Lipinski definition) is 3. The van der Waals surface area contributed by atoms with Crippen LogP contribution in [0.2, 0.25) is 0 Å². The number of hydrogen-bond donors (Lipinski definition) is 0. The van der Waals surface area contributed by atoms with Gasteiger partial charge in [0, 0.05) is 6.07 Å². The van der Waals surface area contributed by atoms with Crippen molar-refractivity contribution >= 4 is 0 Å². The molecule has 3 nitrogen and oxygen atoms in total. The molecular weight excluding hydrogens is 152 g/mol. The molecule has 66 valence electrons. The van der Waals surface area contributed by atoms with Crippen LogP contribution in [0.3, 0.4) is 0 Å². The highest BCUT2D eigenvalue weighted by atomic mass is 16.5. The van der Waals surface area contributed by atoms with Crippen molar-refractivity contribution in [3.63, 3.8) is 0 Å². The van der Waals surface area contributed by atoms with Crippen LogP contribution in [0.4, 0.5) is 0 Å². The molecule has 0 fully saturated rings. The van der Waals surface area contributed by atoms with Crippen LogP contribution in [0.5, 0.6) is 5.88 Å². The SMILES string of the molecule is COc1cc(C(C)C)nc(C)n1. The molecule has 0 aliphatic heterocycles. The zero-order chi connectivity index (χ0) is 9.14. The Kier molecular flexibility index (Phi) is 2.63. The first-order valence-corrected chi connectivity index (χ1v) is 4.03. The van der Waals surface area contributed by atoms with E-state index in [1.807, 2.05) is 13.0 Å². The largest absolute Gasteiger partial charge is 0.481 e. The lowest BCUT2D eigenvalue weighted by atomic mass is 10.1. The Morgan fingerprint density at radius 1 is 1.33 bits per heavy atom. The van der Waals surface area contributed by atoms with Crippen LogP contribution < -0.4 is 4.74 Å². The monoisotopic (exact) mass is 166 g/mol. The highest BCUT2D eigenvalue weighted by molar-refractivity contribution is 5.18. The first-order chi connectivity index (χ1) is 5.63. The fraction of sp³-hybridized carbons (Fsp3) is 0.556. The zero-order valence-corrected chi connectivity index (χ0v) is 7.96. The Bertz CT molecular complexity index is 271. The van der Waals surface area contributed by atoms with Gasteiger partial charge in [0.05, 0.1) is 12.8 Å². The smallest absolute Gasteiger partial charge is 0.216 e. The van der Waals surface area contributed by atoms with Crippen LogP contribution in [0, 0.1) is 6.92 Å². The third kappa shape index (κ3) is 1.94. The van der Waals surface area contributed by atoms with Crippen molar-refractivity contribution < 1.29 is 4.74 Å². The molecule has 0 aliphatic rings. The summed E-state index contributed by atoms with van der Waals surface area (Å²) < 4.78 is 5.03. The standard InChI is InChI=1S/C9H14N2O/c1-6(2)8-5-9(12-4)11-7(3)10-8/h5-6H,1-4H3. The first-order valence-electron chi connectivity index (χ1n) is 4.03. The van der Waals surface area contributed by atoms with E-state index in [2.05, 4.69) is 23.8 Å². The van der Waals surface area contributed by atoms with Gasteiger partial charge in [0.1, 0.15) is 5.82 Å². The third-order valence-corrected chi connectivity index (χ3v) is 1.63. The quantitative estimate of drug-likeness (QED) is 0.673. The highest BCUT2D eigenvalue weighted by Crippen LogP contribution is 2.15. The van der Waals surface area contributed by atoms with E-state index in [4.69, 9.17) is 4.74 Å². The van der Waals surface area contributed by atoms with Crippen LogP contribution in [-0.2, 0) is 0 Å². The molecule has 0 aliphatic carbocycles. The average Bonchev–Trinajstić information content (AvgIpc) is 2.03. The Balaban J connectivity index is 3.06. The van der Waals surface area contributed by atoms with Gasteiger partial charge in [-0.25, -0.2) is 4.98 Å². The van der Waals surface area contributed by atoms with Crippen molar-refractivity contribution in [3.8, 4) is 5.88 Å². The van der Waals surface area contributed by atoms with Gasteiger partial charge in [-0.15, -0.1) is 0 Å². The van der Waals surface area contributed by atoms with Crippen LogP contribution in [-0.4, -0.2) is 17.1 Å². The van der Waals surface area contributed by atoms with Gasteiger partial charge in [-0.3, -0.25) is 0 Å². The molecular formula is C9H14N2O. The number of rotatable bonds is 2. The molecule has 1 aromatic heterocycles. The van der Waals surface area contributed by atoms with E-state index in [-0.39, 0.29) is 0 Å². The van der Waals surface area contributed by atoms with E-state index in [1.54, 1.807) is 7.11 Å². The maximum absolute atomic E-state index is 5.03. The average molecular weight is 166 g/mol. The minimum Gasteiger partial charge on any atom is -0.481 e. The molecule has 0 N–H and O–H groups in total. The normalized spacial score (nSPS) is 10.4. The summed E-state index contributed by atoms with van der Waals surface area (Å²) in [4.78, 5) is 8.39. The van der Waals surface area contributed by atoms with Crippen LogP contribution in [0.15, 0.2) is 6.07 Å². The van der Waals surface area contributed by atoms with Crippen molar-refractivity contribution in [2.75, 3.05) is 7.11 Å². The highest BCUT2D eigenvalue weighted by Gasteiger charge is 2.04. The van der Waals surface area contributed by atoms with E-state index >= 15 is 0 Å². The van der Waals surface area contributed by atoms with E-state index in [0.29, 0.717) is 11.8 Å². The second kappa shape index (κ2) is 3.52. The minimum atomic E-state index is 0.417. The molecule has 0 bridgehead atoms. The Hall–Kier alpha value is -1.12. The van der Waals surface area contributed by atoms with Gasteiger partial charge < -0.3 is 4.74 Å². The summed E-state index contributed by atoms with van der Waals surface area (Å²) in [6.07, 6.45) is 0. The van der Waals surface area contributed by atoms with Crippen LogP contribution in [0.25, 0.3) is 0 Å². The van der Waals surface area contributed by atoms with Crippen molar-refractivity contribution in [3.05, 3.63) is 17.6 Å². The second-order valence-corrected chi connectivity index (χ2v) is 3.04. The lowest BCUT2D eigenvalue weighted by molar-refractivity contribution is 0.394. The predicted molar refractivity (Wildman–Crippen MR) is 47.4 cm³/mol. The lowest BCUT2D eigenvalue weighted by Crippen LogP contribution is -1.99. The molecule has 0 atom stereocenters. The topological polar surface area (TPSA) is 35.0 Å². The van der Waals surface area contributed by atoms with Crippen molar-refractivity contribution in [1.82, 2.24) is 9.97 Å². The summed E-state index contributed by atoms with van der Waals surface area (Å²) in [5, 5.41) is 0. The van der Waals surface area contributed by atoms with Gasteiger partial charge in [0.15, 0.2) is 0 Å². The van der Waals surface area contributed by atoms with Crippen molar-refractivity contribution in [2.24, 2.45) is 0 Å². The second-order valence-electron chi connectivity index (χ2n) is 3.04. The number of ether oxygens (including phenoxy) is 1. The Morgan fingerprint density at radius 2 is 2.00 bits per heavy atom. The van der Waals surface area contributed by atoms with E-state index < -0.39 is 0 Å². The molecule has 0 aromatic carbocycles. The molecule has 3 heteroatoms. The zero-order valence-electron chi connectivity index (χ0n) is 7.96. The summed E-state index contributed by atoms with van der Waals surface area (Å²) in [6, 6.07) is 1.87. The summed E-state index contributed by atoms with van der Waals surface area (Å²) in [6.45, 7) is 6.07. The van der Waals surface area contributed by atoms with Crippen molar-refractivity contribution in [1.29, 1.82) is 0 Å². The van der Waals surface area contributed by atoms with Crippen LogP contribution >= 0.6 is 0 Å². The molecule has 0 unspecified atom stereocenters. The lowest BCUT2D eigenvalue weighted by Gasteiger charge is -2.06. The summed E-state index contributed by atoms with van der Waals surface area (Å²) in [5.74, 6) is 1.82. The maximum atomic E-state index is 5.03. The Labute approximate surface area is 72.8 Å². The maximum Gasteiger partial charge on any atom is 0.216 e. The molecule has 1 heterocycles. The molecule has 0 spiro atoms. The fourth-order valence-corrected chi connectivity index (χ4v) is 0.963. The van der Waals surface area contributed by atoms with Gasteiger partial charge in [-0.1, -0.05) is 13.8 Å². The molecule has 0 amide bonds. The third-order valence-electron chi connectivity index (χ3n) is 1.63. The van der Waals surface area contributed by atoms with Gasteiger partial charge in [-0.05, 0) is 12.8 Å². The molecule has 0 saturated heterocycles. The molecule has 0 saturated carbocycles. The van der Waals surface area contributed by atoms with E-state index in [9.17, 15) is 0 Å². The molecule has 0 radical (unpaired) electrons. The molecule has 1 rings (SSSR count). The van der Waals surface area contributed by atoms with Gasteiger partial charge >= 0.3 is 0 Å². The summed E-state index contributed by atoms with van der Waals surface area (Å²) in [5.41, 5.74) is 1.03. The van der Waals surface area contributed by atoms with Crippen LogP contribution in [0.1, 0.15) is 31.3 Å². The summed E-state index contributed by atoms with van der Waals surface area (Å²) >= 11 is 0. The molecule has 1 aromatic rings. The van der Waals surface area contributed by atoms with E-state index in [0.717, 1.165) is 11.5 Å². The number of aryl methyl sites for hydroxylation is 1. The molecule has 12 heavy (non-hydrogen) atoms. The summed E-state index contributed by atoms with van der Waals surface area (Å²) in [7, 11) is 1.62. The number of methoxy groups -OCH3 is 1. The Morgan fingerprint density at radius 3 is 2.50 bits per heavy atom.